The second kappa shape index (κ2) is 7.35. The lowest BCUT2D eigenvalue weighted by atomic mass is 10.2. The molecule has 0 radical (unpaired) electrons. The average molecular weight is 304 g/mol. The summed E-state index contributed by atoms with van der Waals surface area (Å²) in [5.74, 6) is -0.351. The van der Waals surface area contributed by atoms with E-state index in [1.807, 2.05) is 13.8 Å². The number of nitrogens with zero attached hydrogens (tertiary/aromatic N) is 3. The highest BCUT2D eigenvalue weighted by molar-refractivity contribution is 5.96. The molecule has 0 spiro atoms. The Kier molecular flexibility index (Phi) is 5.49. The number of aromatic nitrogens is 1. The summed E-state index contributed by atoms with van der Waals surface area (Å²) < 4.78 is 0. The molecule has 0 aliphatic carbocycles. The number of nitrogens with one attached hydrogen (secondary N) is 1. The fourth-order valence-corrected chi connectivity index (χ4v) is 2.45. The van der Waals surface area contributed by atoms with Crippen molar-refractivity contribution in [1.82, 2.24) is 20.1 Å². The van der Waals surface area contributed by atoms with E-state index in [9.17, 15) is 9.59 Å². The number of likely N-dealkylation sites (N-methyl/N-ethyl adjacent to an activating group) is 1. The molecule has 22 heavy (non-hydrogen) atoms. The molecule has 0 atom stereocenters. The standard InChI is InChI=1S/C16H24N4O2/c1-4-19-8-10-20(11-9-19)16(22)14-7-5-6-13(18-14)15(21)17-12(2)3/h5-7,12H,4,8-11H2,1-3H3,(H,17,21). The topological polar surface area (TPSA) is 65.5 Å². The molecule has 2 heterocycles. The zero-order valence-corrected chi connectivity index (χ0v) is 13.5. The van der Waals surface area contributed by atoms with E-state index in [0.29, 0.717) is 18.8 Å². The Morgan fingerprint density at radius 2 is 1.82 bits per heavy atom. The van der Waals surface area contributed by atoms with E-state index in [1.165, 1.54) is 0 Å². The van der Waals surface area contributed by atoms with Crippen molar-refractivity contribution in [2.75, 3.05) is 32.7 Å². The molecule has 2 rings (SSSR count). The van der Waals surface area contributed by atoms with Crippen molar-refractivity contribution in [3.05, 3.63) is 29.6 Å². The number of pyridine rings is 1. The number of hydrogen-bond acceptors (Lipinski definition) is 4. The van der Waals surface area contributed by atoms with E-state index in [-0.39, 0.29) is 23.6 Å². The maximum Gasteiger partial charge on any atom is 0.272 e. The van der Waals surface area contributed by atoms with Crippen molar-refractivity contribution in [1.29, 1.82) is 0 Å². The van der Waals surface area contributed by atoms with Crippen LogP contribution in [0.3, 0.4) is 0 Å². The Hall–Kier alpha value is -1.95. The predicted molar refractivity (Wildman–Crippen MR) is 84.9 cm³/mol. The minimum atomic E-state index is -0.250. The third kappa shape index (κ3) is 4.04. The lowest BCUT2D eigenvalue weighted by Gasteiger charge is -2.33. The van der Waals surface area contributed by atoms with Crippen LogP contribution < -0.4 is 5.32 Å². The molecule has 1 N–H and O–H groups in total. The first-order chi connectivity index (χ1) is 10.5. The van der Waals surface area contributed by atoms with Crippen LogP contribution in [0.15, 0.2) is 18.2 Å². The lowest BCUT2D eigenvalue weighted by Crippen LogP contribution is -2.48. The van der Waals surface area contributed by atoms with Crippen molar-refractivity contribution in [2.24, 2.45) is 0 Å². The van der Waals surface area contributed by atoms with Crippen LogP contribution >= 0.6 is 0 Å². The van der Waals surface area contributed by atoms with E-state index in [4.69, 9.17) is 0 Å². The van der Waals surface area contributed by atoms with E-state index < -0.39 is 0 Å². The molecule has 1 saturated heterocycles. The smallest absolute Gasteiger partial charge is 0.272 e. The first-order valence-corrected chi connectivity index (χ1v) is 7.80. The molecule has 0 bridgehead atoms. The van der Waals surface area contributed by atoms with Gasteiger partial charge in [0.05, 0.1) is 0 Å². The summed E-state index contributed by atoms with van der Waals surface area (Å²) in [7, 11) is 0. The summed E-state index contributed by atoms with van der Waals surface area (Å²) in [6.45, 7) is 10.1. The van der Waals surface area contributed by atoms with Gasteiger partial charge in [0.1, 0.15) is 11.4 Å². The van der Waals surface area contributed by atoms with Gasteiger partial charge >= 0.3 is 0 Å². The molecular weight excluding hydrogens is 280 g/mol. The number of piperazine rings is 1. The van der Waals surface area contributed by atoms with E-state index in [2.05, 4.69) is 22.1 Å². The number of amides is 2. The molecule has 120 valence electrons. The highest BCUT2D eigenvalue weighted by atomic mass is 16.2. The van der Waals surface area contributed by atoms with Gasteiger partial charge in [-0.3, -0.25) is 9.59 Å². The van der Waals surface area contributed by atoms with Gasteiger partial charge in [0.15, 0.2) is 0 Å². The van der Waals surface area contributed by atoms with Gasteiger partial charge in [-0.15, -0.1) is 0 Å². The van der Waals surface area contributed by atoms with Crippen LogP contribution in [0.5, 0.6) is 0 Å². The quantitative estimate of drug-likeness (QED) is 0.901. The van der Waals surface area contributed by atoms with Gasteiger partial charge in [-0.1, -0.05) is 13.0 Å². The molecule has 1 aliphatic heterocycles. The summed E-state index contributed by atoms with van der Waals surface area (Å²) in [5.41, 5.74) is 0.619. The molecule has 6 nitrogen and oxygen atoms in total. The second-order valence-corrected chi connectivity index (χ2v) is 5.76. The summed E-state index contributed by atoms with van der Waals surface area (Å²) >= 11 is 0. The van der Waals surface area contributed by atoms with Gasteiger partial charge in [-0.25, -0.2) is 4.98 Å². The average Bonchev–Trinajstić information content (AvgIpc) is 2.54. The van der Waals surface area contributed by atoms with Crippen LogP contribution in [0.2, 0.25) is 0 Å². The number of rotatable bonds is 4. The van der Waals surface area contributed by atoms with Crippen LogP contribution in [-0.2, 0) is 0 Å². The summed E-state index contributed by atoms with van der Waals surface area (Å²) in [6, 6.07) is 5.04. The largest absolute Gasteiger partial charge is 0.349 e. The first kappa shape index (κ1) is 16.4. The van der Waals surface area contributed by atoms with Gasteiger partial charge in [0, 0.05) is 32.2 Å². The fraction of sp³-hybridized carbons (Fsp3) is 0.562. The molecule has 6 heteroatoms. The normalized spacial score (nSPS) is 15.9. The molecule has 0 unspecified atom stereocenters. The summed E-state index contributed by atoms with van der Waals surface area (Å²) in [6.07, 6.45) is 0. The third-order valence-electron chi connectivity index (χ3n) is 3.73. The Labute approximate surface area is 131 Å². The Morgan fingerprint density at radius 3 is 2.41 bits per heavy atom. The van der Waals surface area contributed by atoms with Crippen LogP contribution in [0.1, 0.15) is 41.7 Å². The Bertz CT molecular complexity index is 537. The molecule has 1 aliphatic rings. The van der Waals surface area contributed by atoms with Gasteiger partial charge in [0.25, 0.3) is 11.8 Å². The van der Waals surface area contributed by atoms with E-state index >= 15 is 0 Å². The molecule has 0 aromatic carbocycles. The molecule has 1 aromatic rings. The fourth-order valence-electron chi connectivity index (χ4n) is 2.45. The van der Waals surface area contributed by atoms with Crippen LogP contribution in [0.4, 0.5) is 0 Å². The SMILES string of the molecule is CCN1CCN(C(=O)c2cccc(C(=O)NC(C)C)n2)CC1. The minimum absolute atomic E-state index is 0.0378. The van der Waals surface area contributed by atoms with Gasteiger partial charge in [-0.05, 0) is 32.5 Å². The van der Waals surface area contributed by atoms with Crippen molar-refractivity contribution in [3.8, 4) is 0 Å². The van der Waals surface area contributed by atoms with Crippen molar-refractivity contribution in [3.63, 3.8) is 0 Å². The van der Waals surface area contributed by atoms with E-state index in [0.717, 1.165) is 19.6 Å². The summed E-state index contributed by atoms with van der Waals surface area (Å²) in [4.78, 5) is 32.8. The zero-order chi connectivity index (χ0) is 16.1. The van der Waals surface area contributed by atoms with Crippen LogP contribution in [0.25, 0.3) is 0 Å². The minimum Gasteiger partial charge on any atom is -0.349 e. The zero-order valence-electron chi connectivity index (χ0n) is 13.5. The predicted octanol–water partition coefficient (Wildman–Crippen LogP) is 0.997. The highest BCUT2D eigenvalue weighted by Gasteiger charge is 2.22. The maximum absolute atomic E-state index is 12.5. The van der Waals surface area contributed by atoms with E-state index in [1.54, 1.807) is 23.1 Å². The van der Waals surface area contributed by atoms with Crippen LogP contribution in [0, 0.1) is 0 Å². The highest BCUT2D eigenvalue weighted by Crippen LogP contribution is 2.08. The molecule has 0 saturated carbocycles. The second-order valence-electron chi connectivity index (χ2n) is 5.76. The summed E-state index contributed by atoms with van der Waals surface area (Å²) in [5, 5.41) is 2.79. The van der Waals surface area contributed by atoms with Crippen molar-refractivity contribution >= 4 is 11.8 Å². The number of carbonyl (C=O) groups is 2. The van der Waals surface area contributed by atoms with Gasteiger partial charge in [0.2, 0.25) is 0 Å². The van der Waals surface area contributed by atoms with Gasteiger partial charge in [-0.2, -0.15) is 0 Å². The maximum atomic E-state index is 12.5. The molecule has 2 amide bonds. The lowest BCUT2D eigenvalue weighted by molar-refractivity contribution is 0.0637. The van der Waals surface area contributed by atoms with Crippen LogP contribution in [-0.4, -0.2) is 65.4 Å². The number of carbonyl (C=O) groups excluding carboxylic acids is 2. The van der Waals surface area contributed by atoms with Crippen molar-refractivity contribution in [2.45, 2.75) is 26.8 Å². The monoisotopic (exact) mass is 304 g/mol. The van der Waals surface area contributed by atoms with Gasteiger partial charge < -0.3 is 15.1 Å². The third-order valence-corrected chi connectivity index (χ3v) is 3.73. The first-order valence-electron chi connectivity index (χ1n) is 7.80. The molecule has 1 aromatic heterocycles. The Balaban J connectivity index is 2.06. The number of hydrogen-bond donors (Lipinski definition) is 1. The van der Waals surface area contributed by atoms with Crippen molar-refractivity contribution < 1.29 is 9.59 Å². The Morgan fingerprint density at radius 1 is 1.18 bits per heavy atom. The molecular formula is C16H24N4O2. The molecule has 1 fully saturated rings.